The highest BCUT2D eigenvalue weighted by atomic mass is 16.3. The Hall–Kier alpha value is -0.980. The molecule has 0 aliphatic carbocycles. The summed E-state index contributed by atoms with van der Waals surface area (Å²) in [4.78, 5) is 0. The maximum atomic E-state index is 8.65. The Morgan fingerprint density at radius 1 is 1.44 bits per heavy atom. The third-order valence-electron chi connectivity index (χ3n) is 0.718. The molecule has 0 saturated heterocycles. The van der Waals surface area contributed by atoms with Gasteiger partial charge < -0.3 is 5.11 Å². The van der Waals surface area contributed by atoms with Crippen molar-refractivity contribution in [3.8, 4) is 0 Å². The fourth-order valence-corrected chi connectivity index (χ4v) is 0.352. The zero-order valence-corrected chi connectivity index (χ0v) is 5.89. The van der Waals surface area contributed by atoms with E-state index in [9.17, 15) is 0 Å². The normalized spacial score (nSPS) is 12.4. The van der Waals surface area contributed by atoms with Crippen molar-refractivity contribution in [3.63, 3.8) is 0 Å². The lowest BCUT2D eigenvalue weighted by molar-refractivity contribution is 0.414. The molecule has 0 fully saturated rings. The molecule has 1 N–H and O–H groups in total. The van der Waals surface area contributed by atoms with Gasteiger partial charge in [-0.05, 0) is 19.9 Å². The van der Waals surface area contributed by atoms with Crippen molar-refractivity contribution in [2.45, 2.75) is 13.8 Å². The highest BCUT2D eigenvalue weighted by Crippen LogP contribution is 1.91. The van der Waals surface area contributed by atoms with Crippen LogP contribution in [0.25, 0.3) is 0 Å². The van der Waals surface area contributed by atoms with Crippen LogP contribution in [-0.4, -0.2) is 5.11 Å². The Kier molecular flexibility index (Phi) is 3.52. The molecule has 1 nitrogen and oxygen atoms in total. The van der Waals surface area contributed by atoms with E-state index >= 15 is 0 Å². The summed E-state index contributed by atoms with van der Waals surface area (Å²) in [6.07, 6.45) is 5.21. The van der Waals surface area contributed by atoms with Crippen LogP contribution in [0.4, 0.5) is 0 Å². The van der Waals surface area contributed by atoms with Crippen molar-refractivity contribution in [3.05, 3.63) is 36.1 Å². The van der Waals surface area contributed by atoms with Crippen molar-refractivity contribution < 1.29 is 5.11 Å². The summed E-state index contributed by atoms with van der Waals surface area (Å²) in [7, 11) is 0. The first-order chi connectivity index (χ1) is 4.13. The predicted octanol–water partition coefficient (Wildman–Crippen LogP) is 2.58. The van der Waals surface area contributed by atoms with E-state index in [1.165, 1.54) is 0 Å². The molecular formula is C8H12O. The predicted molar refractivity (Wildman–Crippen MR) is 40.3 cm³/mol. The lowest BCUT2D eigenvalue weighted by Gasteiger charge is -1.82. The molecule has 0 bridgehead atoms. The molecule has 0 saturated carbocycles. The lowest BCUT2D eigenvalue weighted by Crippen LogP contribution is -1.65. The maximum absolute atomic E-state index is 8.65. The summed E-state index contributed by atoms with van der Waals surface area (Å²) in [6.45, 7) is 7.18. The molecule has 0 aliphatic rings. The molecule has 0 aromatic carbocycles. The summed E-state index contributed by atoms with van der Waals surface area (Å²) in [6, 6.07) is 0. The number of aliphatic hydroxyl groups excluding tert-OH is 1. The fourth-order valence-electron chi connectivity index (χ4n) is 0.352. The Morgan fingerprint density at radius 2 is 2.00 bits per heavy atom. The molecule has 0 radical (unpaired) electrons. The van der Waals surface area contributed by atoms with Crippen LogP contribution in [0.3, 0.4) is 0 Å². The maximum Gasteiger partial charge on any atom is 0.0891 e. The van der Waals surface area contributed by atoms with Crippen LogP contribution in [0.2, 0.25) is 0 Å². The summed E-state index contributed by atoms with van der Waals surface area (Å²) in [5.74, 6) is 0.313. The summed E-state index contributed by atoms with van der Waals surface area (Å²) >= 11 is 0. The third kappa shape index (κ3) is 7.02. The average molecular weight is 124 g/mol. The summed E-state index contributed by atoms with van der Waals surface area (Å²) in [5, 5.41) is 8.65. The minimum absolute atomic E-state index is 0.313. The zero-order valence-electron chi connectivity index (χ0n) is 5.89. The van der Waals surface area contributed by atoms with Crippen LogP contribution in [0.1, 0.15) is 13.8 Å². The van der Waals surface area contributed by atoms with E-state index in [1.54, 1.807) is 19.1 Å². The first-order valence-electron chi connectivity index (χ1n) is 2.82. The van der Waals surface area contributed by atoms with Crippen molar-refractivity contribution in [1.82, 2.24) is 0 Å². The largest absolute Gasteiger partial charge is 0.513 e. The van der Waals surface area contributed by atoms with Gasteiger partial charge >= 0.3 is 0 Å². The first kappa shape index (κ1) is 8.02. The summed E-state index contributed by atoms with van der Waals surface area (Å²) < 4.78 is 0. The average Bonchev–Trinajstić information content (AvgIpc) is 1.63. The minimum Gasteiger partial charge on any atom is -0.513 e. The molecule has 0 unspecified atom stereocenters. The molecule has 1 heteroatoms. The molecule has 0 spiro atoms. The highest BCUT2D eigenvalue weighted by Gasteiger charge is 1.73. The SMILES string of the molecule is C=C(C)/C=C\C=C(/C)O. The second kappa shape index (κ2) is 3.96. The number of hydrogen-bond donors (Lipinski definition) is 1. The van der Waals surface area contributed by atoms with Gasteiger partial charge in [-0.15, -0.1) is 0 Å². The second-order valence-electron chi connectivity index (χ2n) is 2.01. The molecule has 0 heterocycles. The van der Waals surface area contributed by atoms with E-state index < -0.39 is 0 Å². The van der Waals surface area contributed by atoms with Gasteiger partial charge in [0, 0.05) is 0 Å². The van der Waals surface area contributed by atoms with Gasteiger partial charge in [-0.2, -0.15) is 0 Å². The van der Waals surface area contributed by atoms with Gasteiger partial charge in [-0.25, -0.2) is 0 Å². The van der Waals surface area contributed by atoms with E-state index in [-0.39, 0.29) is 0 Å². The quantitative estimate of drug-likeness (QED) is 0.443. The van der Waals surface area contributed by atoms with Crippen molar-refractivity contribution in [2.24, 2.45) is 0 Å². The molecule has 50 valence electrons. The molecule has 0 amide bonds. The molecule has 0 atom stereocenters. The fraction of sp³-hybridized carbons (Fsp3) is 0.250. The number of rotatable bonds is 2. The van der Waals surface area contributed by atoms with Gasteiger partial charge in [0.25, 0.3) is 0 Å². The van der Waals surface area contributed by atoms with E-state index in [1.807, 2.05) is 13.0 Å². The Morgan fingerprint density at radius 3 is 2.33 bits per heavy atom. The van der Waals surface area contributed by atoms with E-state index in [2.05, 4.69) is 6.58 Å². The van der Waals surface area contributed by atoms with Gasteiger partial charge in [-0.1, -0.05) is 24.3 Å². The highest BCUT2D eigenvalue weighted by molar-refractivity contribution is 5.17. The van der Waals surface area contributed by atoms with E-state index in [4.69, 9.17) is 5.11 Å². The van der Waals surface area contributed by atoms with Crippen LogP contribution in [0.15, 0.2) is 36.1 Å². The standard InChI is InChI=1S/C8H12O/c1-7(2)5-4-6-8(3)9/h4-6,9H,1H2,2-3H3/b5-4-,8-6+. The molecule has 0 aliphatic heterocycles. The van der Waals surface area contributed by atoms with Crippen molar-refractivity contribution in [2.75, 3.05) is 0 Å². The van der Waals surface area contributed by atoms with E-state index in [0.29, 0.717) is 5.76 Å². The molecule has 0 aromatic rings. The minimum atomic E-state index is 0.313. The first-order valence-corrected chi connectivity index (χ1v) is 2.82. The lowest BCUT2D eigenvalue weighted by atomic mass is 10.3. The molecular weight excluding hydrogens is 112 g/mol. The van der Waals surface area contributed by atoms with Gasteiger partial charge in [0.15, 0.2) is 0 Å². The van der Waals surface area contributed by atoms with Crippen LogP contribution in [0, 0.1) is 0 Å². The summed E-state index contributed by atoms with van der Waals surface area (Å²) in [5.41, 5.74) is 0.979. The van der Waals surface area contributed by atoms with Crippen LogP contribution in [-0.2, 0) is 0 Å². The molecule has 0 aromatic heterocycles. The van der Waals surface area contributed by atoms with Crippen LogP contribution < -0.4 is 0 Å². The second-order valence-corrected chi connectivity index (χ2v) is 2.01. The Balaban J connectivity index is 3.74. The van der Waals surface area contributed by atoms with Gasteiger partial charge in [0.1, 0.15) is 0 Å². The zero-order chi connectivity index (χ0) is 7.28. The topological polar surface area (TPSA) is 20.2 Å². The Bertz CT molecular complexity index is 148. The number of aliphatic hydroxyl groups is 1. The smallest absolute Gasteiger partial charge is 0.0891 e. The number of hydrogen-bond acceptors (Lipinski definition) is 1. The molecule has 0 rings (SSSR count). The van der Waals surface area contributed by atoms with Crippen LogP contribution in [0.5, 0.6) is 0 Å². The van der Waals surface area contributed by atoms with Crippen molar-refractivity contribution >= 4 is 0 Å². The molecule has 9 heavy (non-hydrogen) atoms. The van der Waals surface area contributed by atoms with Crippen molar-refractivity contribution in [1.29, 1.82) is 0 Å². The van der Waals surface area contributed by atoms with Gasteiger partial charge in [-0.3, -0.25) is 0 Å². The monoisotopic (exact) mass is 124 g/mol. The third-order valence-corrected chi connectivity index (χ3v) is 0.718. The van der Waals surface area contributed by atoms with Gasteiger partial charge in [0.2, 0.25) is 0 Å². The Labute approximate surface area is 56.0 Å². The number of allylic oxidation sites excluding steroid dienone is 5. The van der Waals surface area contributed by atoms with Crippen LogP contribution >= 0.6 is 0 Å². The van der Waals surface area contributed by atoms with Gasteiger partial charge in [0.05, 0.1) is 5.76 Å². The van der Waals surface area contributed by atoms with E-state index in [0.717, 1.165) is 5.57 Å².